The van der Waals surface area contributed by atoms with Gasteiger partial charge < -0.3 is 15.6 Å². The minimum atomic E-state index is -1.20. The highest BCUT2D eigenvalue weighted by atomic mass is 28.3. The van der Waals surface area contributed by atoms with Gasteiger partial charge in [-0.15, -0.1) is 5.10 Å². The summed E-state index contributed by atoms with van der Waals surface area (Å²) in [7, 11) is -1.20. The number of pyridine rings is 1. The molecule has 2 heterocycles. The van der Waals surface area contributed by atoms with Gasteiger partial charge in [0.05, 0.1) is 17.8 Å². The number of nitrogens with zero attached hydrogens (tertiary/aromatic N) is 5. The van der Waals surface area contributed by atoms with Gasteiger partial charge in [-0.2, -0.15) is 0 Å². The van der Waals surface area contributed by atoms with Crippen molar-refractivity contribution >= 4 is 19.7 Å². The number of aliphatic carboxylic acids is 1. The summed E-state index contributed by atoms with van der Waals surface area (Å²) in [5.74, 6) is -1.38. The predicted octanol–water partition coefficient (Wildman–Crippen LogP) is 2.79. The second-order valence-corrected chi connectivity index (χ2v) is 14.1. The Labute approximate surface area is 172 Å². The summed E-state index contributed by atoms with van der Waals surface area (Å²) in [6.07, 6.45) is 3.26. The van der Waals surface area contributed by atoms with Crippen LogP contribution in [0.15, 0.2) is 18.3 Å². The van der Waals surface area contributed by atoms with Crippen molar-refractivity contribution in [2.45, 2.75) is 64.5 Å². The van der Waals surface area contributed by atoms with Gasteiger partial charge in [0.15, 0.2) is 5.82 Å². The Balaban J connectivity index is 2.23. The molecular weight excluding hydrogens is 388 g/mol. The summed E-state index contributed by atoms with van der Waals surface area (Å²) >= 11 is 0. The minimum absolute atomic E-state index is 0.205. The molecule has 0 amide bonds. The number of nitrogens with two attached hydrogens (primary N) is 1. The lowest BCUT2D eigenvalue weighted by atomic mass is 9.84. The Morgan fingerprint density at radius 1 is 1.34 bits per heavy atom. The maximum atomic E-state index is 12.0. The number of carbonyl (C=O) groups is 1. The van der Waals surface area contributed by atoms with Gasteiger partial charge in [0.1, 0.15) is 6.73 Å². The highest BCUT2D eigenvalue weighted by Crippen LogP contribution is 2.30. The Bertz CT molecular complexity index is 775. The highest BCUT2D eigenvalue weighted by Gasteiger charge is 2.33. The molecule has 10 heteroatoms. The van der Waals surface area contributed by atoms with Crippen molar-refractivity contribution in [3.63, 3.8) is 0 Å². The van der Waals surface area contributed by atoms with E-state index in [-0.39, 0.29) is 6.73 Å². The Morgan fingerprint density at radius 2 is 2.10 bits per heavy atom. The van der Waals surface area contributed by atoms with E-state index in [1.54, 1.807) is 16.9 Å². The second kappa shape index (κ2) is 10.4. The second-order valence-electron chi connectivity index (χ2n) is 8.51. The molecule has 2 aromatic heterocycles. The number of carboxylic acid groups (broad SMARTS) is 1. The van der Waals surface area contributed by atoms with Crippen molar-refractivity contribution in [1.29, 1.82) is 0 Å². The molecule has 160 valence electrons. The van der Waals surface area contributed by atoms with Crippen LogP contribution in [0.3, 0.4) is 0 Å². The maximum Gasteiger partial charge on any atom is 0.307 e. The number of hydrogen-bond donors (Lipinski definition) is 2. The maximum absolute atomic E-state index is 12.0. The first-order valence-electron chi connectivity index (χ1n) is 9.98. The molecule has 1 unspecified atom stereocenters. The number of ether oxygens (including phenoxy) is 1. The Hall–Kier alpha value is -2.33. The summed E-state index contributed by atoms with van der Waals surface area (Å²) in [4.78, 5) is 16.3. The number of aromatic nitrogens is 5. The Morgan fingerprint density at radius 3 is 2.69 bits per heavy atom. The summed E-state index contributed by atoms with van der Waals surface area (Å²) in [5.41, 5.74) is 7.04. The fourth-order valence-electron chi connectivity index (χ4n) is 3.10. The van der Waals surface area contributed by atoms with Gasteiger partial charge in [-0.3, -0.25) is 9.78 Å². The molecule has 0 spiro atoms. The third-order valence-electron chi connectivity index (χ3n) is 4.78. The van der Waals surface area contributed by atoms with Crippen molar-refractivity contribution in [3.8, 4) is 0 Å². The molecule has 29 heavy (non-hydrogen) atoms. The molecule has 0 saturated carbocycles. The van der Waals surface area contributed by atoms with Gasteiger partial charge in [0, 0.05) is 32.7 Å². The standard InChI is InChI=1S/C19H32N6O3Si/c1-5-6-16(19(26)27)17(11-15-8-7-14(20)12-21-15)18-22-23-24-25(18)13-28-9-10-29(2,3)4/h7-8,12,16-17H,5-6,9-11,13,20H2,1-4H3,(H,26,27)/t16?,17-/m0/s1. The number of anilines is 1. The van der Waals surface area contributed by atoms with Crippen molar-refractivity contribution in [2.75, 3.05) is 12.3 Å². The molecule has 0 aliphatic rings. The molecule has 0 fully saturated rings. The number of hydrogen-bond acceptors (Lipinski definition) is 7. The van der Waals surface area contributed by atoms with Crippen LogP contribution in [0.5, 0.6) is 0 Å². The molecule has 0 aliphatic heterocycles. The van der Waals surface area contributed by atoms with E-state index in [2.05, 4.69) is 40.2 Å². The van der Waals surface area contributed by atoms with Gasteiger partial charge in [0.25, 0.3) is 0 Å². The quantitative estimate of drug-likeness (QED) is 0.396. The predicted molar refractivity (Wildman–Crippen MR) is 113 cm³/mol. The van der Waals surface area contributed by atoms with Crippen molar-refractivity contribution in [1.82, 2.24) is 25.2 Å². The minimum Gasteiger partial charge on any atom is -0.481 e. The van der Waals surface area contributed by atoms with Crippen LogP contribution in [-0.4, -0.2) is 50.9 Å². The largest absolute Gasteiger partial charge is 0.481 e. The van der Waals surface area contributed by atoms with Crippen molar-refractivity contribution in [2.24, 2.45) is 5.92 Å². The fourth-order valence-corrected chi connectivity index (χ4v) is 3.86. The zero-order valence-electron chi connectivity index (χ0n) is 17.7. The lowest BCUT2D eigenvalue weighted by Gasteiger charge is -2.23. The molecule has 9 nitrogen and oxygen atoms in total. The van der Waals surface area contributed by atoms with Gasteiger partial charge >= 0.3 is 5.97 Å². The van der Waals surface area contributed by atoms with Crippen LogP contribution in [0.1, 0.15) is 37.2 Å². The van der Waals surface area contributed by atoms with Crippen LogP contribution in [0, 0.1) is 5.92 Å². The average molecular weight is 421 g/mol. The van der Waals surface area contributed by atoms with Gasteiger partial charge in [-0.1, -0.05) is 33.0 Å². The normalized spacial score (nSPS) is 13.9. The SMILES string of the molecule is CCCC(C(=O)O)[C@H](Cc1ccc(N)cn1)c1nnnn1COCC[Si](C)(C)C. The monoisotopic (exact) mass is 420 g/mol. The summed E-state index contributed by atoms with van der Waals surface area (Å²) in [6.45, 7) is 9.67. The first-order chi connectivity index (χ1) is 13.7. The van der Waals surface area contributed by atoms with Crippen LogP contribution in [0.4, 0.5) is 5.69 Å². The molecule has 0 saturated heterocycles. The molecule has 2 aromatic rings. The van der Waals surface area contributed by atoms with Crippen LogP contribution in [0.2, 0.25) is 25.7 Å². The van der Waals surface area contributed by atoms with E-state index in [0.717, 1.165) is 18.2 Å². The number of rotatable bonds is 12. The van der Waals surface area contributed by atoms with Crippen molar-refractivity contribution in [3.05, 3.63) is 29.8 Å². The number of nitrogen functional groups attached to an aromatic ring is 1. The van der Waals surface area contributed by atoms with Gasteiger partial charge in [0.2, 0.25) is 0 Å². The number of carboxylic acids is 1. The molecule has 2 atom stereocenters. The summed E-state index contributed by atoms with van der Waals surface area (Å²) in [5, 5.41) is 21.8. The first-order valence-corrected chi connectivity index (χ1v) is 13.7. The lowest BCUT2D eigenvalue weighted by Crippen LogP contribution is -2.28. The summed E-state index contributed by atoms with van der Waals surface area (Å²) < 4.78 is 7.35. The van der Waals surface area contributed by atoms with E-state index >= 15 is 0 Å². The third kappa shape index (κ3) is 7.21. The average Bonchev–Trinajstić information content (AvgIpc) is 3.10. The number of tetrazole rings is 1. The van der Waals surface area contributed by atoms with Crippen LogP contribution < -0.4 is 5.73 Å². The molecule has 0 aromatic carbocycles. The third-order valence-corrected chi connectivity index (χ3v) is 6.48. The topological polar surface area (TPSA) is 129 Å². The van der Waals surface area contributed by atoms with E-state index < -0.39 is 25.9 Å². The smallest absolute Gasteiger partial charge is 0.307 e. The van der Waals surface area contributed by atoms with E-state index in [0.29, 0.717) is 31.0 Å². The lowest BCUT2D eigenvalue weighted by molar-refractivity contribution is -0.143. The van der Waals surface area contributed by atoms with E-state index in [1.807, 2.05) is 13.0 Å². The van der Waals surface area contributed by atoms with Gasteiger partial charge in [-0.05, 0) is 35.0 Å². The molecular formula is C19H32N6O3Si. The zero-order valence-corrected chi connectivity index (χ0v) is 18.7. The Kier molecular flexibility index (Phi) is 8.27. The van der Waals surface area contributed by atoms with E-state index in [9.17, 15) is 9.90 Å². The fraction of sp³-hybridized carbons (Fsp3) is 0.632. The van der Waals surface area contributed by atoms with Crippen molar-refractivity contribution < 1.29 is 14.6 Å². The van der Waals surface area contributed by atoms with E-state index in [4.69, 9.17) is 10.5 Å². The zero-order chi connectivity index (χ0) is 21.4. The van der Waals surface area contributed by atoms with E-state index in [1.165, 1.54) is 0 Å². The first kappa shape index (κ1) is 23.0. The molecule has 0 aliphatic carbocycles. The van der Waals surface area contributed by atoms with Crippen LogP contribution >= 0.6 is 0 Å². The highest BCUT2D eigenvalue weighted by molar-refractivity contribution is 6.76. The van der Waals surface area contributed by atoms with Gasteiger partial charge in [-0.25, -0.2) is 4.68 Å². The summed E-state index contributed by atoms with van der Waals surface area (Å²) in [6, 6.07) is 4.61. The molecule has 0 radical (unpaired) electrons. The molecule has 2 rings (SSSR count). The van der Waals surface area contributed by atoms with Crippen LogP contribution in [-0.2, 0) is 22.7 Å². The van der Waals surface area contributed by atoms with Crippen LogP contribution in [0.25, 0.3) is 0 Å². The molecule has 0 bridgehead atoms. The molecule has 3 N–H and O–H groups in total.